The summed E-state index contributed by atoms with van der Waals surface area (Å²) in [5, 5.41) is 0. The molecule has 0 radical (unpaired) electrons. The molecule has 0 aromatic heterocycles. The first kappa shape index (κ1) is 14.3. The van der Waals surface area contributed by atoms with E-state index in [1.165, 1.54) is 62.9 Å². The van der Waals surface area contributed by atoms with Crippen LogP contribution in [0.4, 0.5) is 5.69 Å². The van der Waals surface area contributed by atoms with E-state index >= 15 is 0 Å². The minimum Gasteiger partial charge on any atom is -0.264 e. The van der Waals surface area contributed by atoms with Gasteiger partial charge in [0.2, 0.25) is 0 Å². The number of hydrogen-bond acceptors (Lipinski definition) is 0. The van der Waals surface area contributed by atoms with Crippen LogP contribution in [0.5, 0.6) is 0 Å². The third-order valence-electron chi connectivity index (χ3n) is 4.28. The predicted octanol–water partition coefficient (Wildman–Crippen LogP) is 5.36. The monoisotopic (exact) mass is 258 g/mol. The molecule has 0 fully saturated rings. The predicted molar refractivity (Wildman–Crippen MR) is 86.1 cm³/mol. The summed E-state index contributed by atoms with van der Waals surface area (Å²) < 4.78 is 1.09. The van der Waals surface area contributed by atoms with E-state index < -0.39 is 0 Å². The number of nitrogens with zero attached hydrogens (tertiary/aromatic N) is 1. The molecule has 0 saturated carbocycles. The highest BCUT2D eigenvalue weighted by Crippen LogP contribution is 2.36. The lowest BCUT2D eigenvalue weighted by atomic mass is 10.1. The van der Waals surface area contributed by atoms with Gasteiger partial charge in [-0.1, -0.05) is 38.8 Å². The molecule has 19 heavy (non-hydrogen) atoms. The molecule has 1 nitrogen and oxygen atoms in total. The molecule has 1 aliphatic heterocycles. The highest BCUT2D eigenvalue weighted by molar-refractivity contribution is 5.73. The van der Waals surface area contributed by atoms with Gasteiger partial charge < -0.3 is 0 Å². The topological polar surface area (TPSA) is 0 Å². The van der Waals surface area contributed by atoms with Gasteiger partial charge in [0.1, 0.15) is 11.9 Å². The summed E-state index contributed by atoms with van der Waals surface area (Å²) in [4.78, 5) is 0. The first-order chi connectivity index (χ1) is 9.32. The number of quaternary nitrogens is 1. The molecule has 0 spiro atoms. The Bertz CT molecular complexity index is 409. The van der Waals surface area contributed by atoms with Crippen LogP contribution >= 0.6 is 0 Å². The maximum Gasteiger partial charge on any atom is 0.144 e. The van der Waals surface area contributed by atoms with Crippen LogP contribution in [0, 0.1) is 0 Å². The van der Waals surface area contributed by atoms with Crippen molar-refractivity contribution >= 4 is 11.8 Å². The first-order valence-corrected chi connectivity index (χ1v) is 7.98. The number of hydrogen-bond donors (Lipinski definition) is 0. The lowest BCUT2D eigenvalue weighted by molar-refractivity contribution is 0.354. The lowest BCUT2D eigenvalue weighted by Crippen LogP contribution is -2.44. The molecule has 104 valence electrons. The van der Waals surface area contributed by atoms with Crippen LogP contribution in [0.2, 0.25) is 0 Å². The zero-order valence-electron chi connectivity index (χ0n) is 12.6. The third kappa shape index (κ3) is 3.27. The summed E-state index contributed by atoms with van der Waals surface area (Å²) in [6, 6.07) is 8.93. The molecule has 2 rings (SSSR count). The summed E-state index contributed by atoms with van der Waals surface area (Å²) in [6.45, 7) is 7.11. The van der Waals surface area contributed by atoms with E-state index in [4.69, 9.17) is 0 Å². The molecule has 1 heterocycles. The normalized spacial score (nSPS) is 15.7. The molecular formula is C18H28N+. The van der Waals surface area contributed by atoms with Crippen LogP contribution in [-0.2, 0) is 0 Å². The fraction of sp³-hybridized carbons (Fsp3) is 0.556. The summed E-state index contributed by atoms with van der Waals surface area (Å²) in [6.07, 6.45) is 12.8. The second kappa shape index (κ2) is 6.91. The Morgan fingerprint density at radius 3 is 2.11 bits per heavy atom. The number of unbranched alkanes of at least 4 members (excludes halogenated alkanes) is 4. The molecule has 0 saturated heterocycles. The highest BCUT2D eigenvalue weighted by atomic mass is 15.4. The molecule has 0 N–H and O–H groups in total. The van der Waals surface area contributed by atoms with Gasteiger partial charge in [0.25, 0.3) is 0 Å². The van der Waals surface area contributed by atoms with Crippen LogP contribution in [0.1, 0.15) is 57.9 Å². The van der Waals surface area contributed by atoms with Crippen molar-refractivity contribution in [2.45, 2.75) is 52.4 Å². The van der Waals surface area contributed by atoms with E-state index in [2.05, 4.69) is 50.4 Å². The molecular weight excluding hydrogens is 230 g/mol. The van der Waals surface area contributed by atoms with Gasteiger partial charge in [0, 0.05) is 17.7 Å². The molecule has 1 aliphatic rings. The van der Waals surface area contributed by atoms with Crippen molar-refractivity contribution in [1.29, 1.82) is 0 Å². The van der Waals surface area contributed by atoms with Crippen LogP contribution in [0.15, 0.2) is 30.5 Å². The Morgan fingerprint density at radius 2 is 1.47 bits per heavy atom. The van der Waals surface area contributed by atoms with Crippen LogP contribution in [0.25, 0.3) is 6.08 Å². The smallest absolute Gasteiger partial charge is 0.144 e. The molecule has 0 bridgehead atoms. The zero-order valence-corrected chi connectivity index (χ0v) is 12.6. The molecule has 0 unspecified atom stereocenters. The van der Waals surface area contributed by atoms with E-state index in [1.54, 1.807) is 0 Å². The minimum atomic E-state index is 1.09. The first-order valence-electron chi connectivity index (χ1n) is 7.98. The second-order valence-electron chi connectivity index (χ2n) is 5.77. The van der Waals surface area contributed by atoms with Crippen molar-refractivity contribution in [1.82, 2.24) is 4.48 Å². The third-order valence-corrected chi connectivity index (χ3v) is 4.28. The van der Waals surface area contributed by atoms with Gasteiger partial charge in [-0.25, -0.2) is 0 Å². The fourth-order valence-electron chi connectivity index (χ4n) is 3.13. The van der Waals surface area contributed by atoms with E-state index in [1.807, 2.05) is 0 Å². The van der Waals surface area contributed by atoms with Gasteiger partial charge in [-0.15, -0.1) is 0 Å². The van der Waals surface area contributed by atoms with Crippen molar-refractivity contribution < 1.29 is 0 Å². The Labute approximate surface area is 118 Å². The maximum absolute atomic E-state index is 2.44. The summed E-state index contributed by atoms with van der Waals surface area (Å²) in [5.41, 5.74) is 2.95. The fourth-order valence-corrected chi connectivity index (χ4v) is 3.13. The molecule has 0 amide bonds. The Morgan fingerprint density at radius 1 is 0.842 bits per heavy atom. The van der Waals surface area contributed by atoms with Gasteiger partial charge in [-0.2, -0.15) is 0 Å². The van der Waals surface area contributed by atoms with Crippen molar-refractivity contribution in [2.24, 2.45) is 0 Å². The molecule has 1 heteroatoms. The van der Waals surface area contributed by atoms with Gasteiger partial charge >= 0.3 is 0 Å². The summed E-state index contributed by atoms with van der Waals surface area (Å²) in [5.74, 6) is 0. The maximum atomic E-state index is 2.44. The number of para-hydroxylation sites is 1. The number of benzene rings is 1. The quantitative estimate of drug-likeness (QED) is 0.435. The molecule has 0 atom stereocenters. The molecule has 1 aromatic rings. The van der Waals surface area contributed by atoms with Crippen LogP contribution in [0.3, 0.4) is 0 Å². The molecule has 1 aromatic carbocycles. The highest BCUT2D eigenvalue weighted by Gasteiger charge is 2.33. The van der Waals surface area contributed by atoms with Gasteiger partial charge in [-0.3, -0.25) is 4.48 Å². The standard InChI is InChI=1S/C18H28N/c1-3-5-9-14-19(15-10-6-4-2)16-13-17-11-7-8-12-18(17)19/h7-8,11-13,16H,3-6,9-10,14-15H2,1-2H3/q+1. The zero-order chi connectivity index (χ0) is 13.6. The van der Waals surface area contributed by atoms with Crippen LogP contribution in [-0.4, -0.2) is 13.1 Å². The Balaban J connectivity index is 2.13. The van der Waals surface area contributed by atoms with Crippen molar-refractivity contribution in [3.8, 4) is 0 Å². The van der Waals surface area contributed by atoms with E-state index in [-0.39, 0.29) is 0 Å². The van der Waals surface area contributed by atoms with E-state index in [0.717, 1.165) is 4.48 Å². The summed E-state index contributed by atoms with van der Waals surface area (Å²) in [7, 11) is 0. The second-order valence-corrected chi connectivity index (χ2v) is 5.77. The number of fused-ring (bicyclic) bond motifs is 1. The van der Waals surface area contributed by atoms with Crippen molar-refractivity contribution in [3.63, 3.8) is 0 Å². The lowest BCUT2D eigenvalue weighted by Gasteiger charge is -2.32. The largest absolute Gasteiger partial charge is 0.264 e. The van der Waals surface area contributed by atoms with Crippen LogP contribution < -0.4 is 4.48 Å². The van der Waals surface area contributed by atoms with Gasteiger partial charge in [0.15, 0.2) is 0 Å². The number of rotatable bonds is 8. The average molecular weight is 258 g/mol. The van der Waals surface area contributed by atoms with E-state index in [0.29, 0.717) is 0 Å². The SMILES string of the molecule is CCCCC[N+]1(CCCCC)C=Cc2ccccc21. The summed E-state index contributed by atoms with van der Waals surface area (Å²) >= 11 is 0. The molecule has 0 aliphatic carbocycles. The Kier molecular flexibility index (Phi) is 5.21. The Hall–Kier alpha value is -1.08. The van der Waals surface area contributed by atoms with E-state index in [9.17, 15) is 0 Å². The van der Waals surface area contributed by atoms with Gasteiger partial charge in [0.05, 0.1) is 13.1 Å². The van der Waals surface area contributed by atoms with Crippen molar-refractivity contribution in [3.05, 3.63) is 36.0 Å². The minimum absolute atomic E-state index is 1.09. The van der Waals surface area contributed by atoms with Gasteiger partial charge in [-0.05, 0) is 31.7 Å². The van der Waals surface area contributed by atoms with Crippen molar-refractivity contribution in [2.75, 3.05) is 13.1 Å². The average Bonchev–Trinajstić information content (AvgIpc) is 2.80.